The van der Waals surface area contributed by atoms with E-state index < -0.39 is 0 Å². The molecule has 0 aliphatic rings. The minimum absolute atomic E-state index is 0.179. The number of H-pyrrole nitrogens is 1. The number of nitrogens with zero attached hydrogens (tertiary/aromatic N) is 2. The molecule has 1 atom stereocenters. The molecule has 0 aliphatic carbocycles. The van der Waals surface area contributed by atoms with Gasteiger partial charge in [-0.25, -0.2) is 0 Å². The normalized spacial score (nSPS) is 11.6. The van der Waals surface area contributed by atoms with Gasteiger partial charge in [0.2, 0.25) is 5.56 Å². The van der Waals surface area contributed by atoms with Crippen LogP contribution < -0.4 is 5.56 Å². The fourth-order valence-electron chi connectivity index (χ4n) is 1.23. The second kappa shape index (κ2) is 5.12. The van der Waals surface area contributed by atoms with E-state index in [4.69, 9.17) is 5.26 Å². The van der Waals surface area contributed by atoms with Gasteiger partial charge in [0.25, 0.3) is 5.91 Å². The van der Waals surface area contributed by atoms with Crippen LogP contribution >= 0.6 is 0 Å². The van der Waals surface area contributed by atoms with Gasteiger partial charge >= 0.3 is 0 Å². The van der Waals surface area contributed by atoms with Gasteiger partial charge in [-0.1, -0.05) is 6.07 Å². The summed E-state index contributed by atoms with van der Waals surface area (Å²) in [5.41, 5.74) is -0.0769. The first-order valence-electron chi connectivity index (χ1n) is 4.89. The molecule has 0 aliphatic heterocycles. The van der Waals surface area contributed by atoms with Crippen LogP contribution in [0.2, 0.25) is 0 Å². The van der Waals surface area contributed by atoms with Crippen molar-refractivity contribution in [3.63, 3.8) is 0 Å². The molecule has 1 heterocycles. The summed E-state index contributed by atoms with van der Waals surface area (Å²) in [6.45, 7) is 1.78. The van der Waals surface area contributed by atoms with Gasteiger partial charge in [0.15, 0.2) is 0 Å². The summed E-state index contributed by atoms with van der Waals surface area (Å²) in [5.74, 6) is -0.291. The molecule has 0 aromatic carbocycles. The van der Waals surface area contributed by atoms with Crippen LogP contribution in [0, 0.1) is 11.3 Å². The molecule has 1 aromatic rings. The lowest BCUT2D eigenvalue weighted by molar-refractivity contribution is 0.0740. The number of pyridine rings is 1. The van der Waals surface area contributed by atoms with E-state index in [0.29, 0.717) is 0 Å². The highest BCUT2D eigenvalue weighted by atomic mass is 16.2. The maximum atomic E-state index is 11.9. The number of nitriles is 1. The van der Waals surface area contributed by atoms with E-state index in [1.54, 1.807) is 20.0 Å². The van der Waals surface area contributed by atoms with E-state index in [1.165, 1.54) is 17.0 Å². The van der Waals surface area contributed by atoms with E-state index in [1.807, 2.05) is 6.07 Å². The molecule has 0 bridgehead atoms. The van der Waals surface area contributed by atoms with Crippen molar-refractivity contribution < 1.29 is 4.79 Å². The Morgan fingerprint density at radius 3 is 2.88 bits per heavy atom. The molecule has 1 unspecified atom stereocenters. The maximum Gasteiger partial charge on any atom is 0.270 e. The molecule has 1 amide bonds. The summed E-state index contributed by atoms with van der Waals surface area (Å²) >= 11 is 0. The summed E-state index contributed by atoms with van der Waals surface area (Å²) in [6, 6.07) is 6.23. The number of carbonyl (C=O) groups excluding carboxylic acids is 1. The highest BCUT2D eigenvalue weighted by molar-refractivity contribution is 5.92. The van der Waals surface area contributed by atoms with Crippen LogP contribution in [0.15, 0.2) is 23.0 Å². The summed E-state index contributed by atoms with van der Waals surface area (Å²) < 4.78 is 0. The van der Waals surface area contributed by atoms with Crippen LogP contribution in [0.1, 0.15) is 23.8 Å². The Balaban J connectivity index is 2.87. The lowest BCUT2D eigenvalue weighted by Crippen LogP contribution is -2.36. The molecule has 5 heteroatoms. The van der Waals surface area contributed by atoms with Crippen molar-refractivity contribution in [3.8, 4) is 6.07 Å². The molecule has 1 aromatic heterocycles. The first-order valence-corrected chi connectivity index (χ1v) is 4.89. The Morgan fingerprint density at radius 1 is 1.62 bits per heavy atom. The van der Waals surface area contributed by atoms with Crippen molar-refractivity contribution in [2.75, 3.05) is 7.05 Å². The zero-order valence-electron chi connectivity index (χ0n) is 9.23. The molecule has 0 saturated heterocycles. The highest BCUT2D eigenvalue weighted by Crippen LogP contribution is 2.05. The molecule has 1 N–H and O–H groups in total. The predicted octanol–water partition coefficient (Wildman–Crippen LogP) is 0.749. The van der Waals surface area contributed by atoms with Crippen molar-refractivity contribution in [1.82, 2.24) is 9.88 Å². The molecule has 16 heavy (non-hydrogen) atoms. The smallest absolute Gasteiger partial charge is 0.270 e. The van der Waals surface area contributed by atoms with Crippen molar-refractivity contribution in [3.05, 3.63) is 34.2 Å². The molecule has 0 fully saturated rings. The van der Waals surface area contributed by atoms with Gasteiger partial charge in [-0.15, -0.1) is 0 Å². The van der Waals surface area contributed by atoms with E-state index in [2.05, 4.69) is 4.98 Å². The Morgan fingerprint density at radius 2 is 2.31 bits per heavy atom. The minimum Gasteiger partial charge on any atom is -0.337 e. The van der Waals surface area contributed by atoms with Crippen LogP contribution in [-0.2, 0) is 0 Å². The SMILES string of the molecule is CC(CC#N)N(C)C(=O)c1cccc(=O)[nH]1. The second-order valence-electron chi connectivity index (χ2n) is 3.56. The molecule has 1 rings (SSSR count). The van der Waals surface area contributed by atoms with Crippen LogP contribution in [0.3, 0.4) is 0 Å². The van der Waals surface area contributed by atoms with Crippen LogP contribution in [0.4, 0.5) is 0 Å². The zero-order valence-corrected chi connectivity index (χ0v) is 9.23. The molecular formula is C11H13N3O2. The van der Waals surface area contributed by atoms with Crippen LogP contribution in [-0.4, -0.2) is 28.9 Å². The van der Waals surface area contributed by atoms with Gasteiger partial charge < -0.3 is 9.88 Å². The van der Waals surface area contributed by atoms with Crippen molar-refractivity contribution in [2.24, 2.45) is 0 Å². The molecule has 0 spiro atoms. The molecule has 0 saturated carbocycles. The summed E-state index contributed by atoms with van der Waals surface area (Å²) in [4.78, 5) is 26.8. The average Bonchev–Trinajstić information content (AvgIpc) is 2.27. The van der Waals surface area contributed by atoms with Gasteiger partial charge in [-0.2, -0.15) is 5.26 Å². The number of nitrogens with one attached hydrogen (secondary N) is 1. The summed E-state index contributed by atoms with van der Waals surface area (Å²) in [6.07, 6.45) is 0.263. The zero-order chi connectivity index (χ0) is 12.1. The van der Waals surface area contributed by atoms with Crippen LogP contribution in [0.5, 0.6) is 0 Å². The minimum atomic E-state index is -0.313. The van der Waals surface area contributed by atoms with E-state index in [0.717, 1.165) is 0 Å². The van der Waals surface area contributed by atoms with E-state index >= 15 is 0 Å². The van der Waals surface area contributed by atoms with Gasteiger partial charge in [-0.05, 0) is 13.0 Å². The first kappa shape index (κ1) is 12.0. The van der Waals surface area contributed by atoms with E-state index in [9.17, 15) is 9.59 Å². The lowest BCUT2D eigenvalue weighted by Gasteiger charge is -2.22. The molecule has 5 nitrogen and oxygen atoms in total. The monoisotopic (exact) mass is 219 g/mol. The number of amides is 1. The van der Waals surface area contributed by atoms with Crippen molar-refractivity contribution in [2.45, 2.75) is 19.4 Å². The molecule has 0 radical (unpaired) electrons. The Hall–Kier alpha value is -2.09. The van der Waals surface area contributed by atoms with Crippen molar-refractivity contribution >= 4 is 5.91 Å². The lowest BCUT2D eigenvalue weighted by atomic mass is 10.2. The largest absolute Gasteiger partial charge is 0.337 e. The summed E-state index contributed by atoms with van der Waals surface area (Å²) in [5, 5.41) is 8.54. The maximum absolute atomic E-state index is 11.9. The quantitative estimate of drug-likeness (QED) is 0.814. The van der Waals surface area contributed by atoms with Gasteiger partial charge in [0.05, 0.1) is 12.5 Å². The van der Waals surface area contributed by atoms with E-state index in [-0.39, 0.29) is 29.6 Å². The number of carbonyl (C=O) groups is 1. The van der Waals surface area contributed by atoms with Crippen molar-refractivity contribution in [1.29, 1.82) is 5.26 Å². The van der Waals surface area contributed by atoms with Gasteiger partial charge in [0, 0.05) is 19.2 Å². The third kappa shape index (κ3) is 2.70. The second-order valence-corrected chi connectivity index (χ2v) is 3.56. The fraction of sp³-hybridized carbons (Fsp3) is 0.364. The predicted molar refractivity (Wildman–Crippen MR) is 58.8 cm³/mol. The number of aromatic nitrogens is 1. The number of hydrogen-bond donors (Lipinski definition) is 1. The standard InChI is InChI=1S/C11H13N3O2/c1-8(6-7-12)14(2)11(16)9-4-3-5-10(15)13-9/h3-5,8H,6H2,1-2H3,(H,13,15). The molecule has 84 valence electrons. The van der Waals surface area contributed by atoms with Gasteiger partial charge in [-0.3, -0.25) is 9.59 Å². The Kier molecular flexibility index (Phi) is 3.84. The summed E-state index contributed by atoms with van der Waals surface area (Å²) in [7, 11) is 1.61. The third-order valence-corrected chi connectivity index (χ3v) is 2.37. The topological polar surface area (TPSA) is 77.0 Å². The fourth-order valence-corrected chi connectivity index (χ4v) is 1.23. The number of rotatable bonds is 3. The number of aromatic amines is 1. The first-order chi connectivity index (χ1) is 7.56. The molecular weight excluding hydrogens is 206 g/mol. The average molecular weight is 219 g/mol. The van der Waals surface area contributed by atoms with Crippen LogP contribution in [0.25, 0.3) is 0 Å². The Bertz CT molecular complexity index is 473. The third-order valence-electron chi connectivity index (χ3n) is 2.37. The highest BCUT2D eigenvalue weighted by Gasteiger charge is 2.17. The Labute approximate surface area is 93.3 Å². The number of hydrogen-bond acceptors (Lipinski definition) is 3. The van der Waals surface area contributed by atoms with Gasteiger partial charge in [0.1, 0.15) is 5.69 Å².